The van der Waals surface area contributed by atoms with Crippen LogP contribution in [0, 0.1) is 10.1 Å². The molecule has 0 bridgehead atoms. The Balaban J connectivity index is 1.92. The van der Waals surface area contributed by atoms with Gasteiger partial charge in [0.05, 0.1) is 10.4 Å². The monoisotopic (exact) mass is 281 g/mol. The molecule has 2 aromatic carbocycles. The molecule has 0 amide bonds. The van der Waals surface area contributed by atoms with Gasteiger partial charge in [-0.1, -0.05) is 0 Å². The minimum absolute atomic E-state index is 0.0384. The van der Waals surface area contributed by atoms with Gasteiger partial charge in [-0.15, -0.1) is 0 Å². The summed E-state index contributed by atoms with van der Waals surface area (Å²) in [4.78, 5) is 14.6. The van der Waals surface area contributed by atoms with Crippen LogP contribution in [-0.2, 0) is 0 Å². The normalized spacial score (nSPS) is 10.5. The molecule has 0 aliphatic rings. The lowest BCUT2D eigenvalue weighted by Gasteiger charge is -2.06. The zero-order valence-corrected chi connectivity index (χ0v) is 10.9. The van der Waals surface area contributed by atoms with Crippen molar-refractivity contribution in [2.24, 2.45) is 0 Å². The van der Waals surface area contributed by atoms with Crippen LogP contribution >= 0.6 is 0 Å². The first kappa shape index (κ1) is 12.9. The highest BCUT2D eigenvalue weighted by atomic mass is 16.6. The van der Waals surface area contributed by atoms with Crippen LogP contribution in [0.3, 0.4) is 0 Å². The Morgan fingerprint density at radius 3 is 2.52 bits per heavy atom. The number of nitrogens with two attached hydrogens (primary N) is 1. The van der Waals surface area contributed by atoms with Crippen molar-refractivity contribution in [2.45, 2.75) is 0 Å². The van der Waals surface area contributed by atoms with E-state index in [4.69, 9.17) is 10.5 Å². The van der Waals surface area contributed by atoms with Gasteiger partial charge in [-0.05, 0) is 36.4 Å². The molecule has 3 aromatic rings. The highest BCUT2D eigenvalue weighted by Crippen LogP contribution is 2.25. The fraction of sp³-hybridized carbons (Fsp3) is 0. The molecule has 0 fully saturated rings. The molecule has 1 heterocycles. The predicted molar refractivity (Wildman–Crippen MR) is 79.3 cm³/mol. The van der Waals surface area contributed by atoms with Gasteiger partial charge in [0.25, 0.3) is 5.69 Å². The molecule has 1 aromatic heterocycles. The Bertz CT molecular complexity index is 816. The smallest absolute Gasteiger partial charge is 0.270 e. The molecule has 0 saturated carbocycles. The Morgan fingerprint density at radius 1 is 1.05 bits per heavy atom. The number of nitro benzene ring substituents is 1. The number of hydrogen-bond donors (Lipinski definition) is 1. The molecule has 0 aliphatic heterocycles. The Morgan fingerprint density at radius 2 is 1.81 bits per heavy atom. The molecule has 0 saturated heterocycles. The van der Waals surface area contributed by atoms with Crippen molar-refractivity contribution in [3.63, 3.8) is 0 Å². The van der Waals surface area contributed by atoms with Crippen molar-refractivity contribution in [2.75, 3.05) is 5.73 Å². The fourth-order valence-corrected chi connectivity index (χ4v) is 1.92. The molecular formula is C15H11N3O3. The van der Waals surface area contributed by atoms with Crippen molar-refractivity contribution in [3.05, 3.63) is 64.7 Å². The van der Waals surface area contributed by atoms with Gasteiger partial charge in [-0.2, -0.15) is 0 Å². The van der Waals surface area contributed by atoms with Crippen molar-refractivity contribution < 1.29 is 9.66 Å². The number of nitrogen functional groups attached to an aromatic ring is 1. The van der Waals surface area contributed by atoms with E-state index in [-0.39, 0.29) is 5.69 Å². The number of pyridine rings is 1. The van der Waals surface area contributed by atoms with Crippen molar-refractivity contribution >= 4 is 22.3 Å². The molecule has 0 spiro atoms. The second-order valence-electron chi connectivity index (χ2n) is 4.45. The molecule has 3 rings (SSSR count). The summed E-state index contributed by atoms with van der Waals surface area (Å²) < 4.78 is 5.62. The highest BCUT2D eigenvalue weighted by molar-refractivity contribution is 5.81. The van der Waals surface area contributed by atoms with Crippen LogP contribution < -0.4 is 10.5 Å². The van der Waals surface area contributed by atoms with Gasteiger partial charge in [-0.25, -0.2) is 4.98 Å². The standard InChI is InChI=1S/C15H11N3O3/c16-11-2-5-13(6-3-11)21-15-8-1-10-9-12(18(19)20)4-7-14(10)17-15/h1-9H,16H2. The number of fused-ring (bicyclic) bond motifs is 1. The molecule has 21 heavy (non-hydrogen) atoms. The van der Waals surface area contributed by atoms with Crippen molar-refractivity contribution in [1.82, 2.24) is 4.98 Å². The minimum Gasteiger partial charge on any atom is -0.439 e. The van der Waals surface area contributed by atoms with Crippen LogP contribution in [0.4, 0.5) is 11.4 Å². The third-order valence-electron chi connectivity index (χ3n) is 2.96. The average Bonchev–Trinajstić information content (AvgIpc) is 2.49. The van der Waals surface area contributed by atoms with Gasteiger partial charge in [0.2, 0.25) is 5.88 Å². The third-order valence-corrected chi connectivity index (χ3v) is 2.96. The van der Waals surface area contributed by atoms with E-state index in [0.29, 0.717) is 28.2 Å². The largest absolute Gasteiger partial charge is 0.439 e. The lowest BCUT2D eigenvalue weighted by molar-refractivity contribution is -0.384. The molecule has 0 radical (unpaired) electrons. The van der Waals surface area contributed by atoms with Crippen LogP contribution in [0.15, 0.2) is 54.6 Å². The number of aromatic nitrogens is 1. The topological polar surface area (TPSA) is 91.3 Å². The molecule has 6 nitrogen and oxygen atoms in total. The zero-order valence-electron chi connectivity index (χ0n) is 10.9. The molecule has 0 atom stereocenters. The van der Waals surface area contributed by atoms with E-state index in [1.807, 2.05) is 0 Å². The summed E-state index contributed by atoms with van der Waals surface area (Å²) in [5.74, 6) is 1.04. The average molecular weight is 281 g/mol. The lowest BCUT2D eigenvalue weighted by atomic mass is 10.2. The maximum Gasteiger partial charge on any atom is 0.270 e. The van der Waals surface area contributed by atoms with Crippen molar-refractivity contribution in [3.8, 4) is 11.6 Å². The van der Waals surface area contributed by atoms with Gasteiger partial charge in [0, 0.05) is 29.3 Å². The molecule has 0 unspecified atom stereocenters. The number of nitro groups is 1. The summed E-state index contributed by atoms with van der Waals surface area (Å²) in [5.41, 5.74) is 6.93. The van der Waals surface area contributed by atoms with Gasteiger partial charge >= 0.3 is 0 Å². The van der Waals surface area contributed by atoms with Crippen LogP contribution in [-0.4, -0.2) is 9.91 Å². The quantitative estimate of drug-likeness (QED) is 0.450. The number of rotatable bonds is 3. The summed E-state index contributed by atoms with van der Waals surface area (Å²) >= 11 is 0. The van der Waals surface area contributed by atoms with Crippen LogP contribution in [0.2, 0.25) is 0 Å². The van der Waals surface area contributed by atoms with Gasteiger partial charge < -0.3 is 10.5 Å². The second-order valence-corrected chi connectivity index (χ2v) is 4.45. The number of ether oxygens (including phenoxy) is 1. The summed E-state index contributed by atoms with van der Waals surface area (Å²) in [7, 11) is 0. The van der Waals surface area contributed by atoms with Crippen LogP contribution in [0.1, 0.15) is 0 Å². The van der Waals surface area contributed by atoms with Crippen LogP contribution in [0.5, 0.6) is 11.6 Å². The van der Waals surface area contributed by atoms with E-state index < -0.39 is 4.92 Å². The second kappa shape index (κ2) is 5.09. The molecule has 6 heteroatoms. The number of anilines is 1. The number of benzene rings is 2. The molecular weight excluding hydrogens is 270 g/mol. The molecule has 2 N–H and O–H groups in total. The highest BCUT2D eigenvalue weighted by Gasteiger charge is 2.07. The van der Waals surface area contributed by atoms with Gasteiger partial charge in [0.1, 0.15) is 5.75 Å². The van der Waals surface area contributed by atoms with Gasteiger partial charge in [0.15, 0.2) is 0 Å². The van der Waals surface area contributed by atoms with E-state index in [9.17, 15) is 10.1 Å². The Kier molecular flexibility index (Phi) is 3.12. The number of nitrogens with zero attached hydrogens (tertiary/aromatic N) is 2. The summed E-state index contributed by atoms with van der Waals surface area (Å²) in [6.07, 6.45) is 0. The van der Waals surface area contributed by atoms with Crippen LogP contribution in [0.25, 0.3) is 10.9 Å². The van der Waals surface area contributed by atoms with E-state index >= 15 is 0 Å². The Labute approximate surface area is 119 Å². The summed E-state index contributed by atoms with van der Waals surface area (Å²) in [6.45, 7) is 0. The molecule has 0 aliphatic carbocycles. The van der Waals surface area contributed by atoms with E-state index in [1.165, 1.54) is 12.1 Å². The van der Waals surface area contributed by atoms with Gasteiger partial charge in [-0.3, -0.25) is 10.1 Å². The van der Waals surface area contributed by atoms with Crippen molar-refractivity contribution in [1.29, 1.82) is 0 Å². The maximum atomic E-state index is 10.7. The first-order valence-corrected chi connectivity index (χ1v) is 6.20. The SMILES string of the molecule is Nc1ccc(Oc2ccc3cc([N+](=O)[O-])ccc3n2)cc1. The zero-order chi connectivity index (χ0) is 14.8. The number of non-ortho nitro benzene ring substituents is 1. The lowest BCUT2D eigenvalue weighted by Crippen LogP contribution is -1.91. The predicted octanol–water partition coefficient (Wildman–Crippen LogP) is 3.52. The maximum absolute atomic E-state index is 10.7. The summed E-state index contributed by atoms with van der Waals surface area (Å²) in [6, 6.07) is 14.9. The molecule has 104 valence electrons. The third kappa shape index (κ3) is 2.74. The van der Waals surface area contributed by atoms with E-state index in [1.54, 1.807) is 42.5 Å². The Hall–Kier alpha value is -3.15. The summed E-state index contributed by atoms with van der Waals surface area (Å²) in [5, 5.41) is 11.4. The first-order chi connectivity index (χ1) is 10.1. The minimum atomic E-state index is -0.432. The fourth-order valence-electron chi connectivity index (χ4n) is 1.92. The first-order valence-electron chi connectivity index (χ1n) is 6.20. The number of hydrogen-bond acceptors (Lipinski definition) is 5. The van der Waals surface area contributed by atoms with E-state index in [0.717, 1.165) is 0 Å². The van der Waals surface area contributed by atoms with E-state index in [2.05, 4.69) is 4.98 Å².